The average Bonchev–Trinajstić information content (AvgIpc) is 2.17. The maximum Gasteiger partial charge on any atom is 0.277 e. The van der Waals surface area contributed by atoms with Crippen molar-refractivity contribution in [1.82, 2.24) is 9.62 Å². The lowest BCUT2D eigenvalue weighted by Crippen LogP contribution is -2.57. The zero-order valence-corrected chi connectivity index (χ0v) is 9.29. The normalized spacial score (nSPS) is 23.7. The Kier molecular flexibility index (Phi) is 4.03. The number of morpholine rings is 1. The van der Waals surface area contributed by atoms with Crippen LogP contribution in [-0.4, -0.2) is 51.0 Å². The molecule has 0 aromatic carbocycles. The van der Waals surface area contributed by atoms with Gasteiger partial charge in [-0.15, -0.1) is 0 Å². The van der Waals surface area contributed by atoms with Crippen molar-refractivity contribution in [1.29, 1.82) is 0 Å². The number of ether oxygens (including phenoxy) is 1. The van der Waals surface area contributed by atoms with Crippen LogP contribution < -0.4 is 10.5 Å². The summed E-state index contributed by atoms with van der Waals surface area (Å²) in [4.78, 5) is 11.5. The molecule has 0 spiro atoms. The van der Waals surface area contributed by atoms with Crippen molar-refractivity contribution in [3.8, 4) is 0 Å². The molecule has 1 unspecified atom stereocenters. The van der Waals surface area contributed by atoms with Gasteiger partial charge in [0.15, 0.2) is 0 Å². The first kappa shape index (κ1) is 12.4. The number of hydrogen-bond donors (Lipinski definition) is 2. The Hall–Kier alpha value is -0.700. The van der Waals surface area contributed by atoms with Crippen molar-refractivity contribution in [2.75, 3.05) is 26.3 Å². The fourth-order valence-corrected chi connectivity index (χ4v) is 2.23. The molecule has 0 saturated carbocycles. The quantitative estimate of drug-likeness (QED) is 0.594. The summed E-state index contributed by atoms with van der Waals surface area (Å²) in [5.74, 6) is -0.383. The highest BCUT2D eigenvalue weighted by Gasteiger charge is 2.35. The number of nitrogens with zero attached hydrogens (tertiary/aromatic N) is 1. The Balaban J connectivity index is 2.79. The minimum atomic E-state index is -3.85. The van der Waals surface area contributed by atoms with Crippen LogP contribution in [0.1, 0.15) is 6.92 Å². The van der Waals surface area contributed by atoms with Gasteiger partial charge in [-0.05, 0) is 6.92 Å². The number of nitrogens with one attached hydrogen (secondary N) is 1. The summed E-state index contributed by atoms with van der Waals surface area (Å²) in [5.41, 5.74) is 0. The maximum absolute atomic E-state index is 11.5. The molecule has 0 aromatic rings. The lowest BCUT2D eigenvalue weighted by Gasteiger charge is -2.31. The molecule has 1 atom stereocenters. The monoisotopic (exact) mass is 237 g/mol. The second-order valence-corrected chi connectivity index (χ2v) is 4.64. The fraction of sp³-hybridized carbons (Fsp3) is 0.857. The molecule has 8 heteroatoms. The average molecular weight is 237 g/mol. The van der Waals surface area contributed by atoms with Crippen LogP contribution in [0.15, 0.2) is 0 Å². The van der Waals surface area contributed by atoms with Gasteiger partial charge in [-0.2, -0.15) is 12.7 Å². The molecule has 1 saturated heterocycles. The minimum absolute atomic E-state index is 0.0439. The van der Waals surface area contributed by atoms with E-state index in [1.165, 1.54) is 0 Å². The first-order valence-electron chi connectivity index (χ1n) is 4.62. The van der Waals surface area contributed by atoms with Crippen molar-refractivity contribution in [2.45, 2.75) is 13.0 Å². The number of carbonyl (C=O) groups is 1. The van der Waals surface area contributed by atoms with Crippen LogP contribution in [0, 0.1) is 0 Å². The standard InChI is InChI=1S/C7H15N3O4S/c1-2-9-7(11)6-5-14-4-3-10(6)15(8,12)13/h6H,2-5H2,1H3,(H,9,11)(H2,8,12,13). The largest absolute Gasteiger partial charge is 0.378 e. The SMILES string of the molecule is CCNC(=O)C1COCCN1S(N)(=O)=O. The molecule has 1 heterocycles. The van der Waals surface area contributed by atoms with E-state index in [1.807, 2.05) is 0 Å². The predicted molar refractivity (Wildman–Crippen MR) is 53.1 cm³/mol. The van der Waals surface area contributed by atoms with Crippen molar-refractivity contribution >= 4 is 16.1 Å². The molecule has 15 heavy (non-hydrogen) atoms. The van der Waals surface area contributed by atoms with Gasteiger partial charge in [-0.3, -0.25) is 4.79 Å². The summed E-state index contributed by atoms with van der Waals surface area (Å²) < 4.78 is 28.4. The van der Waals surface area contributed by atoms with Crippen LogP contribution in [0.25, 0.3) is 0 Å². The minimum Gasteiger partial charge on any atom is -0.378 e. The summed E-state index contributed by atoms with van der Waals surface area (Å²) in [6, 6.07) is -0.853. The van der Waals surface area contributed by atoms with Crippen molar-refractivity contribution in [3.63, 3.8) is 0 Å². The Morgan fingerprint density at radius 1 is 1.67 bits per heavy atom. The summed E-state index contributed by atoms with van der Waals surface area (Å²) in [6.07, 6.45) is 0. The van der Waals surface area contributed by atoms with E-state index in [1.54, 1.807) is 6.92 Å². The number of rotatable bonds is 3. The molecule has 1 rings (SSSR count). The number of hydrogen-bond acceptors (Lipinski definition) is 4. The number of nitrogens with two attached hydrogens (primary N) is 1. The molecule has 3 N–H and O–H groups in total. The first-order chi connectivity index (χ1) is 6.96. The molecule has 7 nitrogen and oxygen atoms in total. The van der Waals surface area contributed by atoms with Gasteiger partial charge in [0.1, 0.15) is 6.04 Å². The molecule has 88 valence electrons. The van der Waals surface area contributed by atoms with E-state index in [2.05, 4.69) is 5.32 Å². The molecule has 0 radical (unpaired) electrons. The highest BCUT2D eigenvalue weighted by atomic mass is 32.2. The number of amides is 1. The molecule has 0 bridgehead atoms. The third-order valence-electron chi connectivity index (χ3n) is 2.06. The third kappa shape index (κ3) is 3.13. The van der Waals surface area contributed by atoms with Gasteiger partial charge in [-0.1, -0.05) is 0 Å². The second-order valence-electron chi connectivity index (χ2n) is 3.14. The van der Waals surface area contributed by atoms with Crippen LogP contribution >= 0.6 is 0 Å². The van der Waals surface area contributed by atoms with Crippen molar-refractivity contribution in [2.24, 2.45) is 5.14 Å². The van der Waals surface area contributed by atoms with Gasteiger partial charge in [-0.25, -0.2) is 5.14 Å². The second kappa shape index (κ2) is 4.88. The van der Waals surface area contributed by atoms with Gasteiger partial charge in [0, 0.05) is 13.1 Å². The molecule has 1 aliphatic heterocycles. The Bertz CT molecular complexity index is 329. The predicted octanol–water partition coefficient (Wildman–Crippen LogP) is -1.97. The summed E-state index contributed by atoms with van der Waals surface area (Å²) in [6.45, 7) is 2.60. The van der Waals surface area contributed by atoms with E-state index >= 15 is 0 Å². The molecular weight excluding hydrogens is 222 g/mol. The molecule has 0 aromatic heterocycles. The van der Waals surface area contributed by atoms with Gasteiger partial charge < -0.3 is 10.1 Å². The van der Waals surface area contributed by atoms with E-state index in [-0.39, 0.29) is 25.7 Å². The fourth-order valence-electron chi connectivity index (χ4n) is 1.39. The van der Waals surface area contributed by atoms with E-state index in [0.717, 1.165) is 4.31 Å². The van der Waals surface area contributed by atoms with E-state index in [4.69, 9.17) is 9.88 Å². The highest BCUT2D eigenvalue weighted by Crippen LogP contribution is 2.09. The Morgan fingerprint density at radius 3 is 2.87 bits per heavy atom. The Morgan fingerprint density at radius 2 is 2.33 bits per heavy atom. The molecule has 1 amide bonds. The Labute approximate surface area is 88.7 Å². The summed E-state index contributed by atoms with van der Waals surface area (Å²) >= 11 is 0. The van der Waals surface area contributed by atoms with Crippen LogP contribution in [0.4, 0.5) is 0 Å². The van der Waals surface area contributed by atoms with Crippen molar-refractivity contribution in [3.05, 3.63) is 0 Å². The molecule has 0 aliphatic carbocycles. The highest BCUT2D eigenvalue weighted by molar-refractivity contribution is 7.86. The zero-order chi connectivity index (χ0) is 11.5. The van der Waals surface area contributed by atoms with Gasteiger partial charge >= 0.3 is 0 Å². The van der Waals surface area contributed by atoms with Gasteiger partial charge in [0.05, 0.1) is 13.2 Å². The lowest BCUT2D eigenvalue weighted by molar-refractivity contribution is -0.129. The maximum atomic E-state index is 11.5. The van der Waals surface area contributed by atoms with E-state index in [9.17, 15) is 13.2 Å². The van der Waals surface area contributed by atoms with Crippen LogP contribution in [0.5, 0.6) is 0 Å². The van der Waals surface area contributed by atoms with Gasteiger partial charge in [0.2, 0.25) is 5.91 Å². The first-order valence-corrected chi connectivity index (χ1v) is 6.12. The lowest BCUT2D eigenvalue weighted by atomic mass is 10.2. The summed E-state index contributed by atoms with van der Waals surface area (Å²) in [7, 11) is -3.85. The van der Waals surface area contributed by atoms with Gasteiger partial charge in [0.25, 0.3) is 10.2 Å². The molecule has 1 aliphatic rings. The topological polar surface area (TPSA) is 102 Å². The van der Waals surface area contributed by atoms with Crippen LogP contribution in [0.2, 0.25) is 0 Å². The van der Waals surface area contributed by atoms with Crippen LogP contribution in [-0.2, 0) is 19.7 Å². The summed E-state index contributed by atoms with van der Waals surface area (Å²) in [5, 5.41) is 7.53. The van der Waals surface area contributed by atoms with Crippen molar-refractivity contribution < 1.29 is 17.9 Å². The third-order valence-corrected chi connectivity index (χ3v) is 3.15. The zero-order valence-electron chi connectivity index (χ0n) is 8.47. The van der Waals surface area contributed by atoms with Crippen LogP contribution in [0.3, 0.4) is 0 Å². The smallest absolute Gasteiger partial charge is 0.277 e. The van der Waals surface area contributed by atoms with E-state index in [0.29, 0.717) is 6.54 Å². The molecule has 1 fully saturated rings. The number of likely N-dealkylation sites (N-methyl/N-ethyl adjacent to an activating group) is 1. The number of carbonyl (C=O) groups excluding carboxylic acids is 1. The van der Waals surface area contributed by atoms with E-state index < -0.39 is 16.3 Å². The molecular formula is C7H15N3O4S.